The van der Waals surface area contributed by atoms with E-state index in [1.807, 2.05) is 32.9 Å². The van der Waals surface area contributed by atoms with Crippen molar-refractivity contribution in [2.75, 3.05) is 6.61 Å². The Morgan fingerprint density at radius 3 is 2.69 bits per heavy atom. The van der Waals surface area contributed by atoms with Crippen molar-refractivity contribution in [1.29, 1.82) is 5.26 Å². The van der Waals surface area contributed by atoms with Gasteiger partial charge in [0.1, 0.15) is 11.6 Å². The van der Waals surface area contributed by atoms with Crippen molar-refractivity contribution in [2.24, 2.45) is 0 Å². The SMILES string of the molecule is CCOc1cc(/C=C(/C#N)C(=O)NC2CCCC2)cc(Br)c1OC(C)C. The van der Waals surface area contributed by atoms with E-state index >= 15 is 0 Å². The molecule has 0 aromatic heterocycles. The average molecular weight is 421 g/mol. The number of halogens is 1. The van der Waals surface area contributed by atoms with Crippen molar-refractivity contribution in [3.63, 3.8) is 0 Å². The summed E-state index contributed by atoms with van der Waals surface area (Å²) in [5.41, 5.74) is 0.790. The molecule has 0 radical (unpaired) electrons. The third kappa shape index (κ3) is 5.50. The fourth-order valence-electron chi connectivity index (χ4n) is 2.93. The number of rotatable bonds is 7. The van der Waals surface area contributed by atoms with Crippen LogP contribution in [0.5, 0.6) is 11.5 Å². The van der Waals surface area contributed by atoms with E-state index in [4.69, 9.17) is 9.47 Å². The Morgan fingerprint density at radius 1 is 1.42 bits per heavy atom. The second-order valence-corrected chi connectivity index (χ2v) is 7.41. The van der Waals surface area contributed by atoms with Gasteiger partial charge >= 0.3 is 0 Å². The molecule has 1 fully saturated rings. The highest BCUT2D eigenvalue weighted by Crippen LogP contribution is 2.38. The minimum Gasteiger partial charge on any atom is -0.490 e. The molecule has 0 unspecified atom stereocenters. The van der Waals surface area contributed by atoms with Crippen LogP contribution >= 0.6 is 15.9 Å². The number of nitriles is 1. The van der Waals surface area contributed by atoms with E-state index in [1.54, 1.807) is 12.1 Å². The van der Waals surface area contributed by atoms with Gasteiger partial charge in [0.2, 0.25) is 0 Å². The summed E-state index contributed by atoms with van der Waals surface area (Å²) in [5.74, 6) is 0.874. The molecule has 1 N–H and O–H groups in total. The van der Waals surface area contributed by atoms with Crippen LogP contribution in [0.3, 0.4) is 0 Å². The lowest BCUT2D eigenvalue weighted by atomic mass is 10.1. The highest BCUT2D eigenvalue weighted by Gasteiger charge is 2.20. The molecule has 1 amide bonds. The van der Waals surface area contributed by atoms with Crippen molar-refractivity contribution < 1.29 is 14.3 Å². The Balaban J connectivity index is 2.28. The van der Waals surface area contributed by atoms with E-state index in [0.29, 0.717) is 23.7 Å². The maximum absolute atomic E-state index is 12.4. The number of carbonyl (C=O) groups is 1. The molecular formula is C20H25BrN2O3. The third-order valence-electron chi connectivity index (χ3n) is 4.05. The summed E-state index contributed by atoms with van der Waals surface area (Å²) in [6.07, 6.45) is 5.78. The topological polar surface area (TPSA) is 71.3 Å². The van der Waals surface area contributed by atoms with Crippen LogP contribution in [-0.4, -0.2) is 24.7 Å². The van der Waals surface area contributed by atoms with Gasteiger partial charge in [-0.25, -0.2) is 0 Å². The summed E-state index contributed by atoms with van der Waals surface area (Å²) in [4.78, 5) is 12.4. The normalized spacial score (nSPS) is 15.0. The molecule has 0 saturated heterocycles. The molecule has 1 aromatic carbocycles. The zero-order chi connectivity index (χ0) is 19.1. The Kier molecular flexibility index (Phi) is 7.52. The molecule has 0 aliphatic heterocycles. The van der Waals surface area contributed by atoms with E-state index in [2.05, 4.69) is 21.2 Å². The van der Waals surface area contributed by atoms with Crippen LogP contribution in [0.2, 0.25) is 0 Å². The average Bonchev–Trinajstić information content (AvgIpc) is 3.08. The molecule has 1 aliphatic carbocycles. The first-order chi connectivity index (χ1) is 12.4. The molecule has 1 aliphatic rings. The number of nitrogens with one attached hydrogen (secondary N) is 1. The monoisotopic (exact) mass is 420 g/mol. The minimum atomic E-state index is -0.323. The Bertz CT molecular complexity index is 717. The van der Waals surface area contributed by atoms with Gasteiger partial charge in [0, 0.05) is 6.04 Å². The van der Waals surface area contributed by atoms with Crippen LogP contribution in [0.1, 0.15) is 52.0 Å². The van der Waals surface area contributed by atoms with E-state index in [0.717, 1.165) is 30.2 Å². The zero-order valence-electron chi connectivity index (χ0n) is 15.5. The van der Waals surface area contributed by atoms with Gasteiger partial charge in [-0.1, -0.05) is 12.8 Å². The first kappa shape index (κ1) is 20.3. The minimum absolute atomic E-state index is 0.00115. The third-order valence-corrected chi connectivity index (χ3v) is 4.64. The van der Waals surface area contributed by atoms with Crippen LogP contribution in [0.4, 0.5) is 0 Å². The summed E-state index contributed by atoms with van der Waals surface area (Å²) in [6, 6.07) is 5.78. The lowest BCUT2D eigenvalue weighted by Gasteiger charge is -2.17. The van der Waals surface area contributed by atoms with Gasteiger partial charge in [-0.3, -0.25) is 4.79 Å². The number of hydrogen-bond acceptors (Lipinski definition) is 4. The van der Waals surface area contributed by atoms with Crippen LogP contribution < -0.4 is 14.8 Å². The van der Waals surface area contributed by atoms with Crippen molar-refractivity contribution in [1.82, 2.24) is 5.32 Å². The quantitative estimate of drug-likeness (QED) is 0.516. The lowest BCUT2D eigenvalue weighted by Crippen LogP contribution is -2.33. The summed E-state index contributed by atoms with van der Waals surface area (Å²) in [7, 11) is 0. The number of carbonyl (C=O) groups excluding carboxylic acids is 1. The van der Waals surface area contributed by atoms with Crippen LogP contribution in [-0.2, 0) is 4.79 Å². The first-order valence-corrected chi connectivity index (χ1v) is 9.79. The van der Waals surface area contributed by atoms with Crippen LogP contribution in [0.25, 0.3) is 6.08 Å². The fraction of sp³-hybridized carbons (Fsp3) is 0.500. The molecule has 26 heavy (non-hydrogen) atoms. The van der Waals surface area contributed by atoms with Crippen molar-refractivity contribution in [2.45, 2.75) is 58.6 Å². The number of amides is 1. The molecule has 1 saturated carbocycles. The van der Waals surface area contributed by atoms with Gasteiger partial charge in [-0.05, 0) is 73.3 Å². The standard InChI is InChI=1S/C20H25BrN2O3/c1-4-25-18-11-14(10-17(21)19(18)26-13(2)3)9-15(12-22)20(24)23-16-7-5-6-8-16/h9-11,13,16H,4-8H2,1-3H3,(H,23,24)/b15-9-. The number of ether oxygens (including phenoxy) is 2. The van der Waals surface area contributed by atoms with E-state index in [9.17, 15) is 10.1 Å². The highest BCUT2D eigenvalue weighted by molar-refractivity contribution is 9.10. The number of nitrogens with zero attached hydrogens (tertiary/aromatic N) is 1. The predicted octanol–water partition coefficient (Wildman–Crippen LogP) is 4.60. The molecule has 0 spiro atoms. The number of benzene rings is 1. The second kappa shape index (κ2) is 9.63. The van der Waals surface area contributed by atoms with Gasteiger partial charge in [0.25, 0.3) is 5.91 Å². The first-order valence-electron chi connectivity index (χ1n) is 9.00. The Labute approximate surface area is 163 Å². The Hall–Kier alpha value is -2.00. The molecule has 0 bridgehead atoms. The molecule has 5 nitrogen and oxygen atoms in total. The molecule has 0 heterocycles. The molecule has 0 atom stereocenters. The van der Waals surface area contributed by atoms with E-state index in [1.165, 1.54) is 0 Å². The van der Waals surface area contributed by atoms with Gasteiger partial charge in [-0.15, -0.1) is 0 Å². The predicted molar refractivity (Wildman–Crippen MR) is 105 cm³/mol. The fourth-order valence-corrected chi connectivity index (χ4v) is 3.49. The van der Waals surface area contributed by atoms with E-state index in [-0.39, 0.29) is 23.6 Å². The van der Waals surface area contributed by atoms with E-state index < -0.39 is 0 Å². The van der Waals surface area contributed by atoms with Gasteiger partial charge in [0.15, 0.2) is 11.5 Å². The molecule has 140 valence electrons. The summed E-state index contributed by atoms with van der Waals surface area (Å²) in [6.45, 7) is 6.26. The van der Waals surface area contributed by atoms with Gasteiger partial charge in [0.05, 0.1) is 17.2 Å². The smallest absolute Gasteiger partial charge is 0.262 e. The molecular weight excluding hydrogens is 396 g/mol. The Morgan fingerprint density at radius 2 is 2.12 bits per heavy atom. The van der Waals surface area contributed by atoms with Crippen molar-refractivity contribution >= 4 is 27.9 Å². The van der Waals surface area contributed by atoms with Crippen molar-refractivity contribution in [3.8, 4) is 17.6 Å². The van der Waals surface area contributed by atoms with Gasteiger partial charge < -0.3 is 14.8 Å². The number of hydrogen-bond donors (Lipinski definition) is 1. The molecule has 2 rings (SSSR count). The zero-order valence-corrected chi connectivity index (χ0v) is 17.1. The van der Waals surface area contributed by atoms with Gasteiger partial charge in [-0.2, -0.15) is 5.26 Å². The van der Waals surface area contributed by atoms with Crippen LogP contribution in [0, 0.1) is 11.3 Å². The highest BCUT2D eigenvalue weighted by atomic mass is 79.9. The summed E-state index contributed by atoms with van der Waals surface area (Å²) < 4.78 is 12.2. The van der Waals surface area contributed by atoms with Crippen LogP contribution in [0.15, 0.2) is 22.2 Å². The summed E-state index contributed by atoms with van der Waals surface area (Å²) in [5, 5.41) is 12.3. The molecule has 1 aromatic rings. The maximum atomic E-state index is 12.4. The second-order valence-electron chi connectivity index (χ2n) is 6.55. The largest absolute Gasteiger partial charge is 0.490 e. The lowest BCUT2D eigenvalue weighted by molar-refractivity contribution is -0.117. The maximum Gasteiger partial charge on any atom is 0.262 e. The van der Waals surface area contributed by atoms with Crippen molar-refractivity contribution in [3.05, 3.63) is 27.7 Å². The molecule has 6 heteroatoms. The summed E-state index contributed by atoms with van der Waals surface area (Å²) >= 11 is 3.50.